The minimum atomic E-state index is 0.455. The zero-order valence-corrected chi connectivity index (χ0v) is 10.7. The summed E-state index contributed by atoms with van der Waals surface area (Å²) < 4.78 is 4.87. The largest absolute Gasteiger partial charge is 0.383 e. The Morgan fingerprint density at radius 1 is 1.41 bits per heavy atom. The van der Waals surface area contributed by atoms with E-state index in [4.69, 9.17) is 22.1 Å². The number of nitrogens with two attached hydrogens (primary N) is 1. The van der Waals surface area contributed by atoms with Gasteiger partial charge in [-0.3, -0.25) is 4.99 Å². The van der Waals surface area contributed by atoms with Crippen LogP contribution in [-0.4, -0.2) is 32.8 Å². The van der Waals surface area contributed by atoms with Crippen molar-refractivity contribution in [1.82, 2.24) is 5.32 Å². The average molecular weight is 256 g/mol. The van der Waals surface area contributed by atoms with Crippen molar-refractivity contribution in [3.8, 4) is 0 Å². The van der Waals surface area contributed by atoms with Crippen LogP contribution in [0, 0.1) is 0 Å². The molecule has 1 rings (SSSR count). The summed E-state index contributed by atoms with van der Waals surface area (Å²) in [6, 6.07) is 7.77. The summed E-state index contributed by atoms with van der Waals surface area (Å²) in [6.07, 6.45) is 0.887. The van der Waals surface area contributed by atoms with Crippen molar-refractivity contribution in [1.29, 1.82) is 0 Å². The predicted octanol–water partition coefficient (Wildman–Crippen LogP) is 1.43. The molecule has 94 valence electrons. The van der Waals surface area contributed by atoms with E-state index in [0.717, 1.165) is 18.0 Å². The number of methoxy groups -OCH3 is 1. The second-order valence-corrected chi connectivity index (χ2v) is 4.00. The van der Waals surface area contributed by atoms with Gasteiger partial charge in [0.25, 0.3) is 0 Å². The van der Waals surface area contributed by atoms with Crippen molar-refractivity contribution >= 4 is 17.6 Å². The summed E-state index contributed by atoms with van der Waals surface area (Å²) >= 11 is 5.80. The lowest BCUT2D eigenvalue weighted by atomic mass is 10.1. The molecule has 1 aromatic rings. The summed E-state index contributed by atoms with van der Waals surface area (Å²) in [4.78, 5) is 4.10. The van der Waals surface area contributed by atoms with E-state index in [-0.39, 0.29) is 0 Å². The molecule has 0 radical (unpaired) electrons. The van der Waals surface area contributed by atoms with Crippen molar-refractivity contribution in [3.63, 3.8) is 0 Å². The Morgan fingerprint density at radius 3 is 2.76 bits per heavy atom. The molecule has 0 aliphatic heterocycles. The Morgan fingerprint density at radius 2 is 2.12 bits per heavy atom. The summed E-state index contributed by atoms with van der Waals surface area (Å²) in [5, 5.41) is 3.80. The number of rotatable bonds is 6. The smallest absolute Gasteiger partial charge is 0.188 e. The van der Waals surface area contributed by atoms with Crippen LogP contribution in [0.1, 0.15) is 5.56 Å². The highest BCUT2D eigenvalue weighted by Crippen LogP contribution is 2.09. The van der Waals surface area contributed by atoms with Crippen LogP contribution in [0.4, 0.5) is 0 Å². The molecule has 3 N–H and O–H groups in total. The number of guanidine groups is 1. The first-order valence-corrected chi connectivity index (χ1v) is 5.87. The Hall–Kier alpha value is -1.26. The van der Waals surface area contributed by atoms with Crippen LogP contribution in [-0.2, 0) is 11.2 Å². The number of nitrogens with zero attached hydrogens (tertiary/aromatic N) is 1. The molecule has 0 bridgehead atoms. The zero-order valence-electron chi connectivity index (χ0n) is 9.95. The maximum absolute atomic E-state index is 5.80. The fourth-order valence-corrected chi connectivity index (χ4v) is 1.43. The van der Waals surface area contributed by atoms with Gasteiger partial charge in [-0.2, -0.15) is 0 Å². The maximum atomic E-state index is 5.80. The molecule has 0 aliphatic carbocycles. The molecule has 0 spiro atoms. The highest BCUT2D eigenvalue weighted by molar-refractivity contribution is 6.30. The van der Waals surface area contributed by atoms with Gasteiger partial charge in [-0.15, -0.1) is 0 Å². The molecule has 0 atom stereocenters. The third-order valence-corrected chi connectivity index (χ3v) is 2.46. The van der Waals surface area contributed by atoms with Crippen LogP contribution >= 0.6 is 11.6 Å². The molecular formula is C12H18ClN3O. The topological polar surface area (TPSA) is 59.6 Å². The number of ether oxygens (including phenoxy) is 1. The molecule has 0 saturated carbocycles. The lowest BCUT2D eigenvalue weighted by Gasteiger charge is -2.05. The maximum Gasteiger partial charge on any atom is 0.188 e. The third kappa shape index (κ3) is 6.14. The molecule has 0 heterocycles. The molecule has 5 heteroatoms. The highest BCUT2D eigenvalue weighted by Gasteiger charge is 1.94. The number of aliphatic imine (C=N–C) groups is 1. The minimum absolute atomic E-state index is 0.455. The van der Waals surface area contributed by atoms with Crippen molar-refractivity contribution in [2.45, 2.75) is 6.42 Å². The van der Waals surface area contributed by atoms with E-state index in [1.54, 1.807) is 7.11 Å². The van der Waals surface area contributed by atoms with Gasteiger partial charge in [0.05, 0.1) is 13.2 Å². The van der Waals surface area contributed by atoms with E-state index in [2.05, 4.69) is 10.3 Å². The number of hydrogen-bond donors (Lipinski definition) is 2. The van der Waals surface area contributed by atoms with Crippen LogP contribution in [0.2, 0.25) is 5.02 Å². The van der Waals surface area contributed by atoms with Crippen LogP contribution in [0.15, 0.2) is 29.3 Å². The molecule has 0 saturated heterocycles. The van der Waals surface area contributed by atoms with Gasteiger partial charge < -0.3 is 15.8 Å². The van der Waals surface area contributed by atoms with Gasteiger partial charge in [0.2, 0.25) is 0 Å². The van der Waals surface area contributed by atoms with Crippen LogP contribution in [0.25, 0.3) is 0 Å². The zero-order chi connectivity index (χ0) is 12.5. The standard InChI is InChI=1S/C12H18ClN3O/c1-17-9-8-16-12(14)15-7-6-10-2-4-11(13)5-3-10/h2-5H,6-9H2,1H3,(H3,14,15,16). The fraction of sp³-hybridized carbons (Fsp3) is 0.417. The summed E-state index contributed by atoms with van der Waals surface area (Å²) in [5.41, 5.74) is 6.88. The Labute approximate surface area is 107 Å². The second-order valence-electron chi connectivity index (χ2n) is 3.56. The second kappa shape index (κ2) is 7.92. The average Bonchev–Trinajstić information content (AvgIpc) is 2.32. The Bertz CT molecular complexity index is 351. The molecule has 0 amide bonds. The monoisotopic (exact) mass is 255 g/mol. The fourth-order valence-electron chi connectivity index (χ4n) is 1.30. The van der Waals surface area contributed by atoms with E-state index >= 15 is 0 Å². The van der Waals surface area contributed by atoms with Gasteiger partial charge in [0.15, 0.2) is 5.96 Å². The molecule has 1 aromatic carbocycles. The van der Waals surface area contributed by atoms with E-state index in [0.29, 0.717) is 19.1 Å². The lowest BCUT2D eigenvalue weighted by Crippen LogP contribution is -2.33. The van der Waals surface area contributed by atoms with E-state index in [9.17, 15) is 0 Å². The van der Waals surface area contributed by atoms with Crippen molar-refractivity contribution in [2.75, 3.05) is 26.8 Å². The molecule has 0 unspecified atom stereocenters. The lowest BCUT2D eigenvalue weighted by molar-refractivity contribution is 0.208. The van der Waals surface area contributed by atoms with E-state index in [1.165, 1.54) is 5.56 Å². The molecular weight excluding hydrogens is 238 g/mol. The van der Waals surface area contributed by atoms with Crippen molar-refractivity contribution in [2.24, 2.45) is 10.7 Å². The molecule has 0 fully saturated rings. The Kier molecular flexibility index (Phi) is 6.43. The molecule has 4 nitrogen and oxygen atoms in total. The van der Waals surface area contributed by atoms with Crippen molar-refractivity contribution in [3.05, 3.63) is 34.9 Å². The van der Waals surface area contributed by atoms with Gasteiger partial charge in [-0.25, -0.2) is 0 Å². The molecule has 0 aromatic heterocycles. The van der Waals surface area contributed by atoms with Crippen molar-refractivity contribution < 1.29 is 4.74 Å². The molecule has 0 aliphatic rings. The van der Waals surface area contributed by atoms with Gasteiger partial charge in [-0.05, 0) is 24.1 Å². The van der Waals surface area contributed by atoms with Crippen LogP contribution in [0.3, 0.4) is 0 Å². The first kappa shape index (κ1) is 13.8. The summed E-state index contributed by atoms with van der Waals surface area (Å²) in [5.74, 6) is 0.455. The predicted molar refractivity (Wildman–Crippen MR) is 71.5 cm³/mol. The Balaban J connectivity index is 2.23. The van der Waals surface area contributed by atoms with Crippen LogP contribution < -0.4 is 11.1 Å². The van der Waals surface area contributed by atoms with E-state index in [1.807, 2.05) is 24.3 Å². The number of benzene rings is 1. The van der Waals surface area contributed by atoms with Gasteiger partial charge in [-0.1, -0.05) is 23.7 Å². The van der Waals surface area contributed by atoms with E-state index < -0.39 is 0 Å². The quantitative estimate of drug-likeness (QED) is 0.459. The summed E-state index contributed by atoms with van der Waals surface area (Å²) in [6.45, 7) is 1.92. The number of halogens is 1. The molecule has 17 heavy (non-hydrogen) atoms. The first-order valence-electron chi connectivity index (χ1n) is 5.49. The van der Waals surface area contributed by atoms with Gasteiger partial charge >= 0.3 is 0 Å². The summed E-state index contributed by atoms with van der Waals surface area (Å²) in [7, 11) is 1.64. The number of hydrogen-bond acceptors (Lipinski definition) is 2. The minimum Gasteiger partial charge on any atom is -0.383 e. The third-order valence-electron chi connectivity index (χ3n) is 2.21. The SMILES string of the molecule is COCCN=C(N)NCCc1ccc(Cl)cc1. The van der Waals surface area contributed by atoms with Gasteiger partial charge in [0, 0.05) is 18.7 Å². The highest BCUT2D eigenvalue weighted by atomic mass is 35.5. The van der Waals surface area contributed by atoms with Crippen LogP contribution in [0.5, 0.6) is 0 Å². The normalized spacial score (nSPS) is 11.5. The number of nitrogens with one attached hydrogen (secondary N) is 1. The van der Waals surface area contributed by atoms with Gasteiger partial charge in [0.1, 0.15) is 0 Å². The first-order chi connectivity index (χ1) is 8.22.